The molecule has 1 amide bonds. The lowest BCUT2D eigenvalue weighted by Gasteiger charge is -2.14. The van der Waals surface area contributed by atoms with Crippen molar-refractivity contribution in [1.82, 2.24) is 31.3 Å². The van der Waals surface area contributed by atoms with E-state index < -0.39 is 0 Å². The highest BCUT2D eigenvalue weighted by atomic mass is 16.2. The number of aromatic nitrogens is 4. The predicted octanol–water partition coefficient (Wildman–Crippen LogP) is -0.871. The standard InChI is InChI=1S/C8H14N6O/c1-5(7-11-13-14-12-7)10-8(15)6-3-2-4-9-6/h5-6,9H,2-4H2,1H3,(H,10,15)(H,11,12,13,14)/t5-,6-/m0/s1. The Hall–Kier alpha value is -1.50. The molecule has 1 aliphatic rings. The molecule has 0 aliphatic carbocycles. The van der Waals surface area contributed by atoms with E-state index in [9.17, 15) is 4.79 Å². The Bertz CT molecular complexity index is 318. The van der Waals surface area contributed by atoms with E-state index in [1.54, 1.807) is 0 Å². The summed E-state index contributed by atoms with van der Waals surface area (Å²) in [6.07, 6.45) is 1.94. The maximum Gasteiger partial charge on any atom is 0.237 e. The average Bonchev–Trinajstić information content (AvgIpc) is 2.91. The van der Waals surface area contributed by atoms with E-state index >= 15 is 0 Å². The van der Waals surface area contributed by atoms with Crippen LogP contribution in [0.2, 0.25) is 0 Å². The molecule has 1 aliphatic heterocycles. The number of nitrogens with zero attached hydrogens (tertiary/aromatic N) is 3. The van der Waals surface area contributed by atoms with Gasteiger partial charge < -0.3 is 10.6 Å². The van der Waals surface area contributed by atoms with E-state index in [0.29, 0.717) is 5.82 Å². The quantitative estimate of drug-likeness (QED) is 0.602. The van der Waals surface area contributed by atoms with Crippen LogP contribution >= 0.6 is 0 Å². The largest absolute Gasteiger partial charge is 0.345 e. The fraction of sp³-hybridized carbons (Fsp3) is 0.750. The summed E-state index contributed by atoms with van der Waals surface area (Å²) >= 11 is 0. The van der Waals surface area contributed by atoms with E-state index in [-0.39, 0.29) is 18.0 Å². The summed E-state index contributed by atoms with van der Waals surface area (Å²) in [6.45, 7) is 2.74. The van der Waals surface area contributed by atoms with Crippen LogP contribution in [0.15, 0.2) is 0 Å². The number of tetrazole rings is 1. The number of carbonyl (C=O) groups is 1. The van der Waals surface area contributed by atoms with Crippen molar-refractivity contribution in [1.29, 1.82) is 0 Å². The maximum absolute atomic E-state index is 11.7. The number of hydrogen-bond acceptors (Lipinski definition) is 5. The first-order chi connectivity index (χ1) is 7.27. The maximum atomic E-state index is 11.7. The second kappa shape index (κ2) is 4.35. The summed E-state index contributed by atoms with van der Waals surface area (Å²) < 4.78 is 0. The Morgan fingerprint density at radius 1 is 1.67 bits per heavy atom. The number of carbonyl (C=O) groups excluding carboxylic acids is 1. The van der Waals surface area contributed by atoms with Crippen molar-refractivity contribution >= 4 is 5.91 Å². The monoisotopic (exact) mass is 210 g/mol. The van der Waals surface area contributed by atoms with Crippen LogP contribution in [0, 0.1) is 0 Å². The van der Waals surface area contributed by atoms with Gasteiger partial charge in [-0.2, -0.15) is 5.21 Å². The number of amides is 1. The topological polar surface area (TPSA) is 95.6 Å². The van der Waals surface area contributed by atoms with Gasteiger partial charge in [-0.3, -0.25) is 4.79 Å². The molecule has 0 aromatic carbocycles. The summed E-state index contributed by atoms with van der Waals surface area (Å²) in [4.78, 5) is 11.7. The molecule has 0 saturated carbocycles. The number of aromatic amines is 1. The summed E-state index contributed by atoms with van der Waals surface area (Å²) in [5.41, 5.74) is 0. The lowest BCUT2D eigenvalue weighted by molar-refractivity contribution is -0.123. The number of rotatable bonds is 3. The summed E-state index contributed by atoms with van der Waals surface area (Å²) in [7, 11) is 0. The first-order valence-corrected chi connectivity index (χ1v) is 5.04. The molecule has 82 valence electrons. The van der Waals surface area contributed by atoms with Crippen LogP contribution in [-0.2, 0) is 4.79 Å². The third-order valence-electron chi connectivity index (χ3n) is 2.48. The second-order valence-electron chi connectivity index (χ2n) is 3.65. The predicted molar refractivity (Wildman–Crippen MR) is 51.8 cm³/mol. The molecule has 15 heavy (non-hydrogen) atoms. The first kappa shape index (κ1) is 10.0. The minimum Gasteiger partial charge on any atom is -0.345 e. The van der Waals surface area contributed by atoms with Crippen molar-refractivity contribution in [3.8, 4) is 0 Å². The van der Waals surface area contributed by atoms with Crippen LogP contribution in [0.4, 0.5) is 0 Å². The third kappa shape index (κ3) is 2.30. The fourth-order valence-corrected chi connectivity index (χ4v) is 1.64. The summed E-state index contributed by atoms with van der Waals surface area (Å²) in [5.74, 6) is 0.506. The van der Waals surface area contributed by atoms with Gasteiger partial charge in [0.05, 0.1) is 12.1 Å². The average molecular weight is 210 g/mol. The van der Waals surface area contributed by atoms with Gasteiger partial charge in [0.2, 0.25) is 5.91 Å². The van der Waals surface area contributed by atoms with Gasteiger partial charge >= 0.3 is 0 Å². The van der Waals surface area contributed by atoms with Crippen molar-refractivity contribution in [3.05, 3.63) is 5.82 Å². The van der Waals surface area contributed by atoms with Gasteiger partial charge in [0, 0.05) is 0 Å². The Morgan fingerprint density at radius 3 is 3.13 bits per heavy atom. The minimum atomic E-state index is -0.210. The molecule has 0 unspecified atom stereocenters. The molecule has 1 aromatic heterocycles. The van der Waals surface area contributed by atoms with Gasteiger partial charge in [0.1, 0.15) is 0 Å². The van der Waals surface area contributed by atoms with Gasteiger partial charge in [-0.15, -0.1) is 10.2 Å². The molecule has 2 atom stereocenters. The van der Waals surface area contributed by atoms with E-state index in [2.05, 4.69) is 31.3 Å². The van der Waals surface area contributed by atoms with Crippen LogP contribution in [0.5, 0.6) is 0 Å². The molecule has 7 nitrogen and oxygen atoms in total. The molecule has 0 spiro atoms. The number of H-pyrrole nitrogens is 1. The molecule has 0 bridgehead atoms. The molecular weight excluding hydrogens is 196 g/mol. The molecule has 7 heteroatoms. The van der Waals surface area contributed by atoms with Gasteiger partial charge in [-0.25, -0.2) is 0 Å². The number of hydrogen-bond donors (Lipinski definition) is 3. The zero-order valence-corrected chi connectivity index (χ0v) is 8.53. The van der Waals surface area contributed by atoms with Gasteiger partial charge in [0.25, 0.3) is 0 Å². The first-order valence-electron chi connectivity index (χ1n) is 5.04. The third-order valence-corrected chi connectivity index (χ3v) is 2.48. The van der Waals surface area contributed by atoms with Crippen molar-refractivity contribution in [2.75, 3.05) is 6.54 Å². The molecule has 1 fully saturated rings. The van der Waals surface area contributed by atoms with Gasteiger partial charge in [-0.05, 0) is 26.3 Å². The van der Waals surface area contributed by atoms with Crippen LogP contribution in [0.1, 0.15) is 31.6 Å². The minimum absolute atomic E-state index is 0.00444. The summed E-state index contributed by atoms with van der Waals surface area (Å²) in [5, 5.41) is 19.4. The van der Waals surface area contributed by atoms with Crippen LogP contribution in [-0.4, -0.2) is 39.1 Å². The van der Waals surface area contributed by atoms with Crippen molar-refractivity contribution in [2.24, 2.45) is 0 Å². The van der Waals surface area contributed by atoms with E-state index in [4.69, 9.17) is 0 Å². The van der Waals surface area contributed by atoms with Gasteiger partial charge in [0.15, 0.2) is 5.82 Å². The van der Waals surface area contributed by atoms with Gasteiger partial charge in [-0.1, -0.05) is 5.21 Å². The Morgan fingerprint density at radius 2 is 2.53 bits per heavy atom. The lowest BCUT2D eigenvalue weighted by Crippen LogP contribution is -2.41. The van der Waals surface area contributed by atoms with E-state index in [0.717, 1.165) is 19.4 Å². The lowest BCUT2D eigenvalue weighted by atomic mass is 10.2. The zero-order chi connectivity index (χ0) is 10.7. The van der Waals surface area contributed by atoms with Crippen LogP contribution < -0.4 is 10.6 Å². The fourth-order valence-electron chi connectivity index (χ4n) is 1.64. The molecular formula is C8H14N6O. The van der Waals surface area contributed by atoms with Crippen molar-refractivity contribution in [2.45, 2.75) is 31.8 Å². The van der Waals surface area contributed by atoms with Crippen molar-refractivity contribution in [3.63, 3.8) is 0 Å². The highest BCUT2D eigenvalue weighted by molar-refractivity contribution is 5.82. The molecule has 0 radical (unpaired) electrons. The highest BCUT2D eigenvalue weighted by Crippen LogP contribution is 2.08. The molecule has 1 saturated heterocycles. The normalized spacial score (nSPS) is 22.6. The summed E-state index contributed by atoms with van der Waals surface area (Å²) in [6, 6.07) is -0.280. The molecule has 1 aromatic rings. The highest BCUT2D eigenvalue weighted by Gasteiger charge is 2.24. The Labute approximate surface area is 87.0 Å². The molecule has 2 heterocycles. The van der Waals surface area contributed by atoms with E-state index in [1.807, 2.05) is 6.92 Å². The second-order valence-corrected chi connectivity index (χ2v) is 3.65. The Balaban J connectivity index is 1.88. The van der Waals surface area contributed by atoms with Crippen molar-refractivity contribution < 1.29 is 4.79 Å². The molecule has 2 rings (SSSR count). The van der Waals surface area contributed by atoms with E-state index in [1.165, 1.54) is 0 Å². The van der Waals surface area contributed by atoms with Crippen LogP contribution in [0.25, 0.3) is 0 Å². The molecule has 3 N–H and O–H groups in total. The smallest absolute Gasteiger partial charge is 0.237 e. The number of nitrogens with one attached hydrogen (secondary N) is 3. The SMILES string of the molecule is C[C@H](NC(=O)[C@@H]1CCCN1)c1nn[nH]n1. The Kier molecular flexibility index (Phi) is 2.91. The van der Waals surface area contributed by atoms with Crippen LogP contribution in [0.3, 0.4) is 0 Å². The zero-order valence-electron chi connectivity index (χ0n) is 8.53.